The van der Waals surface area contributed by atoms with E-state index in [0.717, 1.165) is 38.5 Å². The maximum atomic E-state index is 13.8. The Kier molecular flexibility index (Phi) is 7.86. The van der Waals surface area contributed by atoms with Gasteiger partial charge < -0.3 is 25.4 Å². The van der Waals surface area contributed by atoms with Crippen LogP contribution in [0.1, 0.15) is 78.6 Å². The number of carbonyl (C=O) groups is 3. The van der Waals surface area contributed by atoms with E-state index in [4.69, 9.17) is 9.84 Å². The molecule has 8 nitrogen and oxygen atoms in total. The quantitative estimate of drug-likeness (QED) is 0.392. The van der Waals surface area contributed by atoms with Gasteiger partial charge in [0.25, 0.3) is 0 Å². The van der Waals surface area contributed by atoms with Gasteiger partial charge in [0.2, 0.25) is 17.7 Å². The van der Waals surface area contributed by atoms with Crippen LogP contribution in [0, 0.1) is 11.8 Å². The smallest absolute Gasteiger partial charge is 0.246 e. The summed E-state index contributed by atoms with van der Waals surface area (Å²) in [6.45, 7) is 6.69. The van der Waals surface area contributed by atoms with Gasteiger partial charge in [0, 0.05) is 26.2 Å². The number of ether oxygens (including phenoxy) is 1. The van der Waals surface area contributed by atoms with E-state index in [2.05, 4.69) is 17.6 Å². The minimum Gasteiger partial charge on any atom is -0.396 e. The van der Waals surface area contributed by atoms with Crippen molar-refractivity contribution in [1.29, 1.82) is 0 Å². The Morgan fingerprint density at radius 1 is 1.19 bits per heavy atom. The lowest BCUT2D eigenvalue weighted by atomic mass is 9.65. The number of nitrogens with zero attached hydrogens (tertiary/aromatic N) is 1. The molecule has 0 radical (unpaired) electrons. The normalized spacial score (nSPS) is 34.0. The Morgan fingerprint density at radius 2 is 1.91 bits per heavy atom. The molecule has 3 amide bonds. The van der Waals surface area contributed by atoms with Gasteiger partial charge in [-0.15, -0.1) is 0 Å². The van der Waals surface area contributed by atoms with Crippen molar-refractivity contribution in [1.82, 2.24) is 15.5 Å². The van der Waals surface area contributed by atoms with Crippen LogP contribution in [0.25, 0.3) is 0 Å². The van der Waals surface area contributed by atoms with E-state index in [0.29, 0.717) is 25.8 Å². The van der Waals surface area contributed by atoms with E-state index in [-0.39, 0.29) is 30.4 Å². The van der Waals surface area contributed by atoms with Crippen LogP contribution in [0.5, 0.6) is 0 Å². The standard InChI is InChI=1S/C24H41N3O5/c1-5-11-16(3)26-21(30)19-24-13-12-23(6-2,32-24)17(20(29)25-4)18(24)22(31)27(19)14-9-7-8-10-15-28/h16-19,28H,5-15H2,1-4H3,(H,25,29)(H,26,30)/t16?,17-,18+,19?,23+,24?/m1/s1. The molecule has 3 aliphatic rings. The topological polar surface area (TPSA) is 108 Å². The number of aliphatic hydroxyl groups is 1. The summed E-state index contributed by atoms with van der Waals surface area (Å²) in [6, 6.07) is -0.696. The molecule has 1 spiro atoms. The molecule has 182 valence electrons. The minimum absolute atomic E-state index is 0.0120. The second-order valence-electron chi connectivity index (χ2n) is 9.82. The van der Waals surface area contributed by atoms with Crippen LogP contribution < -0.4 is 10.6 Å². The number of carbonyl (C=O) groups excluding carboxylic acids is 3. The van der Waals surface area contributed by atoms with Crippen molar-refractivity contribution in [2.75, 3.05) is 20.2 Å². The minimum atomic E-state index is -0.939. The molecule has 3 aliphatic heterocycles. The predicted octanol–water partition coefficient (Wildman–Crippen LogP) is 1.74. The van der Waals surface area contributed by atoms with Gasteiger partial charge in [-0.25, -0.2) is 0 Å². The fourth-order valence-corrected chi connectivity index (χ4v) is 6.39. The third-order valence-electron chi connectivity index (χ3n) is 7.88. The van der Waals surface area contributed by atoms with Gasteiger partial charge in [-0.1, -0.05) is 33.1 Å². The fourth-order valence-electron chi connectivity index (χ4n) is 6.39. The highest BCUT2D eigenvalue weighted by molar-refractivity contribution is 5.99. The second kappa shape index (κ2) is 10.1. The second-order valence-corrected chi connectivity index (χ2v) is 9.82. The third kappa shape index (κ3) is 4.04. The maximum Gasteiger partial charge on any atom is 0.246 e. The zero-order chi connectivity index (χ0) is 23.5. The number of hydrogen-bond donors (Lipinski definition) is 3. The highest BCUT2D eigenvalue weighted by Crippen LogP contribution is 2.64. The molecule has 0 aromatic carbocycles. The number of aliphatic hydroxyl groups excluding tert-OH is 1. The molecule has 3 fully saturated rings. The van der Waals surface area contributed by atoms with Gasteiger partial charge in [-0.2, -0.15) is 0 Å². The van der Waals surface area contributed by atoms with Gasteiger partial charge in [-0.05, 0) is 45.4 Å². The summed E-state index contributed by atoms with van der Waals surface area (Å²) in [5, 5.41) is 14.9. The Bertz CT molecular complexity index is 716. The summed E-state index contributed by atoms with van der Waals surface area (Å²) >= 11 is 0. The lowest BCUT2D eigenvalue weighted by Crippen LogP contribution is -2.56. The molecule has 3 heterocycles. The maximum absolute atomic E-state index is 13.8. The number of amides is 3. The Labute approximate surface area is 191 Å². The van der Waals surface area contributed by atoms with Crippen molar-refractivity contribution in [3.63, 3.8) is 0 Å². The van der Waals surface area contributed by atoms with Crippen LogP contribution in [0.4, 0.5) is 0 Å². The molecule has 3 rings (SSSR count). The summed E-state index contributed by atoms with van der Waals surface area (Å²) in [5.74, 6) is -1.65. The van der Waals surface area contributed by atoms with Crippen LogP contribution in [-0.2, 0) is 19.1 Å². The molecule has 3 N–H and O–H groups in total. The van der Waals surface area contributed by atoms with Crippen LogP contribution >= 0.6 is 0 Å². The van der Waals surface area contributed by atoms with E-state index in [1.165, 1.54) is 0 Å². The number of unbranched alkanes of at least 4 members (excludes halogenated alkanes) is 3. The lowest BCUT2D eigenvalue weighted by molar-refractivity contribution is -0.147. The molecule has 0 saturated carbocycles. The third-order valence-corrected chi connectivity index (χ3v) is 7.88. The Hall–Kier alpha value is -1.67. The van der Waals surface area contributed by atoms with Crippen molar-refractivity contribution >= 4 is 17.7 Å². The summed E-state index contributed by atoms with van der Waals surface area (Å²) < 4.78 is 6.66. The molecule has 6 atom stereocenters. The first-order chi connectivity index (χ1) is 15.3. The van der Waals surface area contributed by atoms with E-state index in [9.17, 15) is 14.4 Å². The summed E-state index contributed by atoms with van der Waals surface area (Å²) in [5.41, 5.74) is -1.62. The van der Waals surface area contributed by atoms with E-state index >= 15 is 0 Å². The monoisotopic (exact) mass is 451 g/mol. The van der Waals surface area contributed by atoms with Crippen LogP contribution in [0.2, 0.25) is 0 Å². The molecular formula is C24H41N3O5. The molecule has 0 aromatic heterocycles. The van der Waals surface area contributed by atoms with Crippen LogP contribution in [-0.4, -0.2) is 71.2 Å². The molecule has 2 bridgehead atoms. The van der Waals surface area contributed by atoms with Gasteiger partial charge in [0.05, 0.1) is 17.4 Å². The summed E-state index contributed by atoms with van der Waals surface area (Å²) in [4.78, 5) is 42.0. The number of nitrogens with one attached hydrogen (secondary N) is 2. The molecule has 0 aliphatic carbocycles. The van der Waals surface area contributed by atoms with E-state index in [1.807, 2.05) is 13.8 Å². The summed E-state index contributed by atoms with van der Waals surface area (Å²) in [7, 11) is 1.60. The number of hydrogen-bond acceptors (Lipinski definition) is 5. The largest absolute Gasteiger partial charge is 0.396 e. The Morgan fingerprint density at radius 3 is 2.53 bits per heavy atom. The van der Waals surface area contributed by atoms with E-state index < -0.39 is 29.1 Å². The Balaban J connectivity index is 1.92. The number of rotatable bonds is 12. The van der Waals surface area contributed by atoms with Gasteiger partial charge in [-0.3, -0.25) is 14.4 Å². The highest BCUT2D eigenvalue weighted by atomic mass is 16.5. The first-order valence-corrected chi connectivity index (χ1v) is 12.4. The number of fused-ring (bicyclic) bond motifs is 1. The van der Waals surface area contributed by atoms with Crippen molar-refractivity contribution < 1.29 is 24.2 Å². The first-order valence-electron chi connectivity index (χ1n) is 12.4. The van der Waals surface area contributed by atoms with Gasteiger partial charge >= 0.3 is 0 Å². The number of likely N-dealkylation sites (tertiary alicyclic amines) is 1. The van der Waals surface area contributed by atoms with Crippen molar-refractivity contribution in [3.8, 4) is 0 Å². The van der Waals surface area contributed by atoms with Gasteiger partial charge in [0.15, 0.2) is 0 Å². The predicted molar refractivity (Wildman–Crippen MR) is 121 cm³/mol. The van der Waals surface area contributed by atoms with Gasteiger partial charge in [0.1, 0.15) is 11.6 Å². The zero-order valence-corrected chi connectivity index (χ0v) is 20.1. The van der Waals surface area contributed by atoms with Crippen LogP contribution in [0.3, 0.4) is 0 Å². The molecule has 3 saturated heterocycles. The lowest BCUT2D eigenvalue weighted by Gasteiger charge is -2.34. The molecule has 8 heteroatoms. The first kappa shape index (κ1) is 25.0. The average molecular weight is 452 g/mol. The van der Waals surface area contributed by atoms with Crippen LogP contribution in [0.15, 0.2) is 0 Å². The van der Waals surface area contributed by atoms with Crippen molar-refractivity contribution in [3.05, 3.63) is 0 Å². The highest BCUT2D eigenvalue weighted by Gasteiger charge is 2.78. The van der Waals surface area contributed by atoms with Crippen molar-refractivity contribution in [2.45, 2.75) is 102 Å². The SMILES string of the molecule is CCCC(C)NC(=O)C1N(CCCCCCO)C(=O)[C@@H]2[C@H](C(=O)NC)[C@]3(CC)CCC12O3. The molecule has 32 heavy (non-hydrogen) atoms. The van der Waals surface area contributed by atoms with E-state index in [1.54, 1.807) is 11.9 Å². The van der Waals surface area contributed by atoms with Crippen molar-refractivity contribution in [2.24, 2.45) is 11.8 Å². The molecular weight excluding hydrogens is 410 g/mol. The molecule has 3 unspecified atom stereocenters. The zero-order valence-electron chi connectivity index (χ0n) is 20.1. The average Bonchev–Trinajstić information content (AvgIpc) is 3.37. The molecule has 0 aromatic rings. The summed E-state index contributed by atoms with van der Waals surface area (Å²) in [6.07, 6.45) is 7.02. The fraction of sp³-hybridized carbons (Fsp3) is 0.875.